The zero-order chi connectivity index (χ0) is 15.0. The lowest BCUT2D eigenvalue weighted by Crippen LogP contribution is -2.35. The SMILES string of the molecule is C[C@@H](O)c1c(F)cccc1N1CC(=O)Nc2ccccc21. The van der Waals surface area contributed by atoms with E-state index in [0.29, 0.717) is 11.4 Å². The van der Waals surface area contributed by atoms with Crippen molar-refractivity contribution in [2.45, 2.75) is 13.0 Å². The third kappa shape index (κ3) is 2.36. The molecule has 0 bridgehead atoms. The lowest BCUT2D eigenvalue weighted by molar-refractivity contribution is -0.115. The normalized spacial score (nSPS) is 15.4. The Kier molecular flexibility index (Phi) is 3.35. The van der Waals surface area contributed by atoms with Gasteiger partial charge >= 0.3 is 0 Å². The number of halogens is 1. The molecule has 1 aliphatic heterocycles. The molecule has 0 saturated heterocycles. The van der Waals surface area contributed by atoms with Crippen molar-refractivity contribution in [3.63, 3.8) is 0 Å². The fourth-order valence-electron chi connectivity index (χ4n) is 2.62. The molecule has 0 unspecified atom stereocenters. The van der Waals surface area contributed by atoms with Crippen LogP contribution in [0.1, 0.15) is 18.6 Å². The van der Waals surface area contributed by atoms with Gasteiger partial charge in [-0.15, -0.1) is 0 Å². The lowest BCUT2D eigenvalue weighted by Gasteiger charge is -2.32. The monoisotopic (exact) mass is 286 g/mol. The number of hydrogen-bond acceptors (Lipinski definition) is 3. The molecule has 2 aromatic carbocycles. The number of para-hydroxylation sites is 2. The first kappa shape index (κ1) is 13.6. The zero-order valence-electron chi connectivity index (χ0n) is 11.5. The van der Waals surface area contributed by atoms with Gasteiger partial charge in [-0.3, -0.25) is 4.79 Å². The molecule has 5 heteroatoms. The second-order valence-electron chi connectivity index (χ2n) is 5.00. The fraction of sp³-hybridized carbons (Fsp3) is 0.188. The number of fused-ring (bicyclic) bond motifs is 1. The Hall–Kier alpha value is -2.40. The van der Waals surface area contributed by atoms with Crippen molar-refractivity contribution in [3.05, 3.63) is 53.8 Å². The van der Waals surface area contributed by atoms with Crippen molar-refractivity contribution in [3.8, 4) is 0 Å². The second-order valence-corrected chi connectivity index (χ2v) is 5.00. The van der Waals surface area contributed by atoms with E-state index in [9.17, 15) is 14.3 Å². The third-order valence-corrected chi connectivity index (χ3v) is 3.51. The average molecular weight is 286 g/mol. The maximum Gasteiger partial charge on any atom is 0.244 e. The molecule has 1 heterocycles. The minimum Gasteiger partial charge on any atom is -0.389 e. The second kappa shape index (κ2) is 5.18. The van der Waals surface area contributed by atoms with Crippen LogP contribution in [0.15, 0.2) is 42.5 Å². The van der Waals surface area contributed by atoms with Crippen LogP contribution in [0.5, 0.6) is 0 Å². The van der Waals surface area contributed by atoms with Crippen molar-refractivity contribution in [1.29, 1.82) is 0 Å². The van der Waals surface area contributed by atoms with Gasteiger partial charge in [-0.05, 0) is 31.2 Å². The first-order chi connectivity index (χ1) is 10.1. The van der Waals surface area contributed by atoms with Crippen molar-refractivity contribution < 1.29 is 14.3 Å². The van der Waals surface area contributed by atoms with Crippen LogP contribution in [0.3, 0.4) is 0 Å². The van der Waals surface area contributed by atoms with Crippen LogP contribution < -0.4 is 10.2 Å². The third-order valence-electron chi connectivity index (χ3n) is 3.51. The summed E-state index contributed by atoms with van der Waals surface area (Å²) in [7, 11) is 0. The number of rotatable bonds is 2. The quantitative estimate of drug-likeness (QED) is 0.892. The van der Waals surface area contributed by atoms with E-state index in [4.69, 9.17) is 0 Å². The van der Waals surface area contributed by atoms with Gasteiger partial charge in [-0.2, -0.15) is 0 Å². The summed E-state index contributed by atoms with van der Waals surface area (Å²) in [6.45, 7) is 1.60. The summed E-state index contributed by atoms with van der Waals surface area (Å²) in [6.07, 6.45) is -0.960. The Morgan fingerprint density at radius 3 is 2.67 bits per heavy atom. The number of carbonyl (C=O) groups is 1. The van der Waals surface area contributed by atoms with Crippen LogP contribution in [0, 0.1) is 5.82 Å². The van der Waals surface area contributed by atoms with Gasteiger partial charge in [0.25, 0.3) is 0 Å². The Bertz CT molecular complexity index is 700. The molecule has 2 N–H and O–H groups in total. The minimum absolute atomic E-state index is 0.0835. The Labute approximate surface area is 121 Å². The molecule has 0 spiro atoms. The molecule has 3 rings (SSSR count). The van der Waals surface area contributed by atoms with Crippen molar-refractivity contribution in [2.24, 2.45) is 0 Å². The molecule has 0 fully saturated rings. The summed E-state index contributed by atoms with van der Waals surface area (Å²) in [6, 6.07) is 11.9. The molecule has 108 valence electrons. The smallest absolute Gasteiger partial charge is 0.244 e. The number of amides is 1. The molecule has 21 heavy (non-hydrogen) atoms. The van der Waals surface area contributed by atoms with E-state index >= 15 is 0 Å². The largest absolute Gasteiger partial charge is 0.389 e. The zero-order valence-corrected chi connectivity index (χ0v) is 11.5. The molecular formula is C16H15FN2O2. The number of hydrogen-bond donors (Lipinski definition) is 2. The summed E-state index contributed by atoms with van der Waals surface area (Å²) in [4.78, 5) is 13.6. The van der Waals surface area contributed by atoms with Crippen LogP contribution in [0.25, 0.3) is 0 Å². The summed E-state index contributed by atoms with van der Waals surface area (Å²) < 4.78 is 14.0. The van der Waals surface area contributed by atoms with Crippen LogP contribution in [-0.2, 0) is 4.79 Å². The maximum atomic E-state index is 14.0. The summed E-state index contributed by atoms with van der Waals surface area (Å²) >= 11 is 0. The van der Waals surface area contributed by atoms with Crippen LogP contribution in [-0.4, -0.2) is 17.6 Å². The van der Waals surface area contributed by atoms with Gasteiger partial charge in [-0.25, -0.2) is 4.39 Å². The van der Waals surface area contributed by atoms with Crippen LogP contribution >= 0.6 is 0 Å². The number of aliphatic hydroxyl groups excluding tert-OH is 1. The number of aliphatic hydroxyl groups is 1. The number of nitrogens with zero attached hydrogens (tertiary/aromatic N) is 1. The van der Waals surface area contributed by atoms with Crippen LogP contribution in [0.4, 0.5) is 21.5 Å². The van der Waals surface area contributed by atoms with Crippen LogP contribution in [0.2, 0.25) is 0 Å². The highest BCUT2D eigenvalue weighted by molar-refractivity contribution is 6.03. The number of nitrogens with one attached hydrogen (secondary N) is 1. The van der Waals surface area contributed by atoms with Gasteiger partial charge in [0.15, 0.2) is 0 Å². The highest BCUT2D eigenvalue weighted by Gasteiger charge is 2.26. The van der Waals surface area contributed by atoms with Gasteiger partial charge in [0, 0.05) is 5.56 Å². The molecule has 0 aliphatic carbocycles. The van der Waals surface area contributed by atoms with Crippen molar-refractivity contribution in [1.82, 2.24) is 0 Å². The van der Waals surface area contributed by atoms with E-state index in [1.165, 1.54) is 13.0 Å². The molecule has 1 amide bonds. The number of anilines is 3. The molecule has 4 nitrogen and oxygen atoms in total. The Morgan fingerprint density at radius 2 is 1.90 bits per heavy atom. The van der Waals surface area contributed by atoms with E-state index < -0.39 is 11.9 Å². The van der Waals surface area contributed by atoms with Gasteiger partial charge in [0.1, 0.15) is 12.4 Å². The molecule has 0 saturated carbocycles. The molecule has 1 atom stereocenters. The van der Waals surface area contributed by atoms with E-state index in [1.807, 2.05) is 18.2 Å². The van der Waals surface area contributed by atoms with Crippen molar-refractivity contribution >= 4 is 23.0 Å². The molecular weight excluding hydrogens is 271 g/mol. The molecule has 1 aliphatic rings. The summed E-state index contributed by atoms with van der Waals surface area (Å²) in [5.41, 5.74) is 2.16. The predicted octanol–water partition coefficient (Wildman–Crippen LogP) is 2.97. The van der Waals surface area contributed by atoms with E-state index in [0.717, 1.165) is 5.69 Å². The van der Waals surface area contributed by atoms with Gasteiger partial charge < -0.3 is 15.3 Å². The predicted molar refractivity (Wildman–Crippen MR) is 79.1 cm³/mol. The van der Waals surface area contributed by atoms with Gasteiger partial charge in [-0.1, -0.05) is 18.2 Å². The molecule has 0 radical (unpaired) electrons. The van der Waals surface area contributed by atoms with Gasteiger partial charge in [0.2, 0.25) is 5.91 Å². The van der Waals surface area contributed by atoms with E-state index in [-0.39, 0.29) is 18.0 Å². The van der Waals surface area contributed by atoms with Gasteiger partial charge in [0.05, 0.1) is 23.2 Å². The average Bonchev–Trinajstić information content (AvgIpc) is 2.45. The standard InChI is InChI=1S/C16H15FN2O2/c1-10(20)16-11(17)5-4-8-14(16)19-9-15(21)18-12-6-2-3-7-13(12)19/h2-8,10,20H,9H2,1H3,(H,18,21)/t10-/m1/s1. The topological polar surface area (TPSA) is 52.6 Å². The van der Waals surface area contributed by atoms with Crippen molar-refractivity contribution in [2.75, 3.05) is 16.8 Å². The summed E-state index contributed by atoms with van der Waals surface area (Å²) in [5.74, 6) is -0.652. The molecule has 2 aromatic rings. The Balaban J connectivity index is 2.18. The number of carbonyl (C=O) groups excluding carboxylic acids is 1. The fourth-order valence-corrected chi connectivity index (χ4v) is 2.62. The summed E-state index contributed by atoms with van der Waals surface area (Å²) in [5, 5.41) is 12.6. The first-order valence-corrected chi connectivity index (χ1v) is 6.71. The highest BCUT2D eigenvalue weighted by atomic mass is 19.1. The highest BCUT2D eigenvalue weighted by Crippen LogP contribution is 2.38. The van der Waals surface area contributed by atoms with E-state index in [2.05, 4.69) is 5.32 Å². The minimum atomic E-state index is -0.960. The Morgan fingerprint density at radius 1 is 1.19 bits per heavy atom. The first-order valence-electron chi connectivity index (χ1n) is 6.71. The maximum absolute atomic E-state index is 14.0. The van der Waals surface area contributed by atoms with E-state index in [1.54, 1.807) is 23.1 Å². The number of benzene rings is 2. The molecule has 0 aromatic heterocycles. The lowest BCUT2D eigenvalue weighted by atomic mass is 10.0.